The lowest BCUT2D eigenvalue weighted by Crippen LogP contribution is -2.36. The van der Waals surface area contributed by atoms with E-state index in [-0.39, 0.29) is 5.82 Å². The van der Waals surface area contributed by atoms with Gasteiger partial charge in [-0.25, -0.2) is 4.73 Å². The van der Waals surface area contributed by atoms with E-state index in [0.29, 0.717) is 21.7 Å². The number of hydrogen-bond donors (Lipinski definition) is 2. The molecule has 66 valence electrons. The van der Waals surface area contributed by atoms with Crippen molar-refractivity contribution in [3.8, 4) is 0 Å². The Bertz CT molecular complexity index is 229. The molecule has 0 unspecified atom stereocenters. The van der Waals surface area contributed by atoms with Crippen LogP contribution in [0.5, 0.6) is 0 Å². The minimum atomic E-state index is 0.190. The molecular formula is C8H13N3O. The Balaban J connectivity index is 3.60. The number of aromatic nitrogens is 1. The molecule has 0 aliphatic carbocycles. The van der Waals surface area contributed by atoms with Crippen molar-refractivity contribution in [2.45, 2.75) is 20.8 Å². The van der Waals surface area contributed by atoms with Gasteiger partial charge in [0.15, 0.2) is 0 Å². The Hall–Kier alpha value is -1.45. The first-order valence-electron chi connectivity index (χ1n) is 3.71. The van der Waals surface area contributed by atoms with E-state index in [1.54, 1.807) is 13.8 Å². The van der Waals surface area contributed by atoms with E-state index in [9.17, 15) is 5.21 Å². The second-order valence-electron chi connectivity index (χ2n) is 2.93. The van der Waals surface area contributed by atoms with Crippen LogP contribution >= 0.6 is 0 Å². The van der Waals surface area contributed by atoms with Gasteiger partial charge >= 0.3 is 0 Å². The van der Waals surface area contributed by atoms with Gasteiger partial charge in [-0.1, -0.05) is 0 Å². The summed E-state index contributed by atoms with van der Waals surface area (Å²) in [6.07, 6.45) is 0. The number of hydrogen-bond acceptors (Lipinski definition) is 3. The molecule has 0 fully saturated rings. The minimum absolute atomic E-state index is 0.190. The largest absolute Gasteiger partial charge is 0.710 e. The van der Waals surface area contributed by atoms with Gasteiger partial charge in [0.25, 0.3) is 5.82 Å². The van der Waals surface area contributed by atoms with E-state index in [1.807, 2.05) is 6.92 Å². The Labute approximate surface area is 71.4 Å². The van der Waals surface area contributed by atoms with Gasteiger partial charge in [0.2, 0.25) is 0 Å². The summed E-state index contributed by atoms with van der Waals surface area (Å²) in [5.74, 6) is 0.190. The third kappa shape index (κ3) is 0.958. The third-order valence-corrected chi connectivity index (χ3v) is 2.26. The molecule has 0 radical (unpaired) electrons. The second kappa shape index (κ2) is 2.55. The van der Waals surface area contributed by atoms with Gasteiger partial charge < -0.3 is 10.9 Å². The van der Waals surface area contributed by atoms with Crippen molar-refractivity contribution in [2.24, 2.45) is 0 Å². The lowest BCUT2D eigenvalue weighted by molar-refractivity contribution is -0.597. The fourth-order valence-electron chi connectivity index (χ4n) is 1.10. The molecule has 0 saturated carbocycles. The molecule has 4 N–H and O–H groups in total. The first-order chi connectivity index (χ1) is 5.46. The van der Waals surface area contributed by atoms with Crippen LogP contribution in [0, 0.1) is 26.0 Å². The normalized spacial score (nSPS) is 10.2. The van der Waals surface area contributed by atoms with E-state index >= 15 is 0 Å². The number of nitrogens with zero attached hydrogens (tertiary/aromatic N) is 1. The maximum absolute atomic E-state index is 11.3. The maximum Gasteiger partial charge on any atom is 0.280 e. The molecule has 1 aromatic rings. The van der Waals surface area contributed by atoms with Crippen LogP contribution in [0.3, 0.4) is 0 Å². The van der Waals surface area contributed by atoms with Gasteiger partial charge in [-0.2, -0.15) is 0 Å². The van der Waals surface area contributed by atoms with E-state index in [4.69, 9.17) is 11.5 Å². The van der Waals surface area contributed by atoms with E-state index in [1.165, 1.54) is 0 Å². The van der Waals surface area contributed by atoms with Crippen molar-refractivity contribution >= 4 is 11.5 Å². The molecule has 1 heterocycles. The fourth-order valence-corrected chi connectivity index (χ4v) is 1.10. The third-order valence-electron chi connectivity index (χ3n) is 2.26. The highest BCUT2D eigenvalue weighted by atomic mass is 16.5. The van der Waals surface area contributed by atoms with Crippen LogP contribution in [0.25, 0.3) is 0 Å². The van der Waals surface area contributed by atoms with Crippen molar-refractivity contribution in [1.29, 1.82) is 0 Å². The van der Waals surface area contributed by atoms with Crippen molar-refractivity contribution < 1.29 is 4.73 Å². The Kier molecular flexibility index (Phi) is 1.84. The Morgan fingerprint density at radius 1 is 1.08 bits per heavy atom. The van der Waals surface area contributed by atoms with Gasteiger partial charge in [-0.15, -0.1) is 0 Å². The molecule has 0 amide bonds. The molecule has 0 aliphatic heterocycles. The van der Waals surface area contributed by atoms with Gasteiger partial charge in [-0.3, -0.25) is 5.73 Å². The van der Waals surface area contributed by atoms with Gasteiger partial charge in [0.1, 0.15) is 5.69 Å². The van der Waals surface area contributed by atoms with Crippen LogP contribution < -0.4 is 16.2 Å². The summed E-state index contributed by atoms with van der Waals surface area (Å²) < 4.78 is 0.709. The number of nitrogens with two attached hydrogens (primary N) is 2. The molecule has 12 heavy (non-hydrogen) atoms. The summed E-state index contributed by atoms with van der Waals surface area (Å²) in [6.45, 7) is 5.26. The quantitative estimate of drug-likeness (QED) is 0.434. The van der Waals surface area contributed by atoms with Crippen LogP contribution in [-0.4, -0.2) is 0 Å². The second-order valence-corrected chi connectivity index (χ2v) is 2.93. The van der Waals surface area contributed by atoms with E-state index in [0.717, 1.165) is 5.56 Å². The Morgan fingerprint density at radius 2 is 1.58 bits per heavy atom. The molecule has 4 heteroatoms. The standard InChI is InChI=1S/C8H13N3O/c1-4-6(3)11(12)8(10)5(2)7(4)9/h9-10H2,1-3H3. The Morgan fingerprint density at radius 3 is 2.08 bits per heavy atom. The zero-order valence-electron chi connectivity index (χ0n) is 7.51. The van der Waals surface area contributed by atoms with Crippen LogP contribution in [0.1, 0.15) is 16.8 Å². The number of anilines is 2. The van der Waals surface area contributed by atoms with Crippen LogP contribution in [0.2, 0.25) is 0 Å². The van der Waals surface area contributed by atoms with Gasteiger partial charge in [0, 0.05) is 11.3 Å². The fraction of sp³-hybridized carbons (Fsp3) is 0.375. The molecular weight excluding hydrogens is 154 g/mol. The zero-order chi connectivity index (χ0) is 9.46. The smallest absolute Gasteiger partial charge is 0.280 e. The lowest BCUT2D eigenvalue weighted by Gasteiger charge is -2.15. The molecule has 1 aromatic heterocycles. The average molecular weight is 167 g/mol. The predicted octanol–water partition coefficient (Wildman–Crippen LogP) is 0.410. The molecule has 0 aromatic carbocycles. The average Bonchev–Trinajstić information content (AvgIpc) is 2.08. The first-order valence-corrected chi connectivity index (χ1v) is 3.71. The summed E-state index contributed by atoms with van der Waals surface area (Å²) in [5, 5.41) is 11.3. The summed E-state index contributed by atoms with van der Waals surface area (Å²) in [4.78, 5) is 0. The highest BCUT2D eigenvalue weighted by molar-refractivity contribution is 5.59. The summed E-state index contributed by atoms with van der Waals surface area (Å²) >= 11 is 0. The summed E-state index contributed by atoms with van der Waals surface area (Å²) in [6, 6.07) is 0. The highest BCUT2D eigenvalue weighted by Crippen LogP contribution is 2.20. The van der Waals surface area contributed by atoms with Gasteiger partial charge in [-0.05, 0) is 20.8 Å². The molecule has 1 rings (SSSR count). The monoisotopic (exact) mass is 167 g/mol. The van der Waals surface area contributed by atoms with E-state index < -0.39 is 0 Å². The molecule has 0 bridgehead atoms. The van der Waals surface area contributed by atoms with Crippen molar-refractivity contribution in [2.75, 3.05) is 11.5 Å². The predicted molar refractivity (Wildman–Crippen MR) is 48.4 cm³/mol. The van der Waals surface area contributed by atoms with Crippen LogP contribution in [-0.2, 0) is 0 Å². The van der Waals surface area contributed by atoms with Crippen molar-refractivity contribution in [3.05, 3.63) is 22.0 Å². The topological polar surface area (TPSA) is 79.0 Å². The highest BCUT2D eigenvalue weighted by Gasteiger charge is 2.13. The molecule has 0 aliphatic rings. The summed E-state index contributed by atoms with van der Waals surface area (Å²) in [5.41, 5.74) is 13.9. The molecule has 0 atom stereocenters. The van der Waals surface area contributed by atoms with Crippen molar-refractivity contribution in [1.82, 2.24) is 0 Å². The summed E-state index contributed by atoms with van der Waals surface area (Å²) in [7, 11) is 0. The number of rotatable bonds is 0. The number of pyridine rings is 1. The van der Waals surface area contributed by atoms with Crippen LogP contribution in [0.4, 0.5) is 11.5 Å². The maximum atomic E-state index is 11.3. The van der Waals surface area contributed by atoms with E-state index in [2.05, 4.69) is 0 Å². The number of nitrogen functional groups attached to an aromatic ring is 2. The zero-order valence-corrected chi connectivity index (χ0v) is 7.51. The van der Waals surface area contributed by atoms with Gasteiger partial charge in [0.05, 0.1) is 5.56 Å². The van der Waals surface area contributed by atoms with Crippen molar-refractivity contribution in [3.63, 3.8) is 0 Å². The first kappa shape index (κ1) is 8.64. The molecule has 4 nitrogen and oxygen atoms in total. The molecule has 0 spiro atoms. The molecule has 0 saturated heterocycles. The SMILES string of the molecule is Cc1c(N)c(C)c(N)[n+]([O-])c1C. The lowest BCUT2D eigenvalue weighted by atomic mass is 10.1. The van der Waals surface area contributed by atoms with Crippen LogP contribution in [0.15, 0.2) is 0 Å². The minimum Gasteiger partial charge on any atom is -0.710 e.